The van der Waals surface area contributed by atoms with E-state index in [0.717, 1.165) is 10.4 Å². The Morgan fingerprint density at radius 3 is 2.53 bits per heavy atom. The molecular formula is C20H20FN3O3S3. The molecule has 1 N–H and O–H groups in total. The number of benzene rings is 1. The van der Waals surface area contributed by atoms with Gasteiger partial charge in [-0.2, -0.15) is 4.31 Å². The van der Waals surface area contributed by atoms with Crippen molar-refractivity contribution in [2.45, 2.75) is 24.0 Å². The molecule has 6 nitrogen and oxygen atoms in total. The van der Waals surface area contributed by atoms with Crippen LogP contribution in [-0.2, 0) is 14.8 Å². The van der Waals surface area contributed by atoms with Crippen LogP contribution in [0.4, 0.5) is 9.52 Å². The fraction of sp³-hybridized carbons (Fsp3) is 0.300. The van der Waals surface area contributed by atoms with Crippen LogP contribution in [0, 0.1) is 18.7 Å². The van der Waals surface area contributed by atoms with Gasteiger partial charge in [-0.15, -0.1) is 22.7 Å². The second kappa shape index (κ2) is 8.54. The normalized spacial score (nSPS) is 15.9. The molecule has 158 valence electrons. The van der Waals surface area contributed by atoms with Crippen LogP contribution in [0.5, 0.6) is 0 Å². The molecule has 0 aliphatic carbocycles. The molecule has 1 saturated heterocycles. The van der Waals surface area contributed by atoms with Crippen LogP contribution in [0.25, 0.3) is 11.3 Å². The van der Waals surface area contributed by atoms with Crippen molar-refractivity contribution in [2.24, 2.45) is 5.92 Å². The monoisotopic (exact) mass is 465 g/mol. The Balaban J connectivity index is 1.39. The molecule has 0 spiro atoms. The number of carbonyl (C=O) groups is 1. The van der Waals surface area contributed by atoms with Crippen molar-refractivity contribution in [3.8, 4) is 11.3 Å². The smallest absolute Gasteiger partial charge is 0.252 e. The maximum absolute atomic E-state index is 13.2. The van der Waals surface area contributed by atoms with Crippen molar-refractivity contribution in [2.75, 3.05) is 18.4 Å². The van der Waals surface area contributed by atoms with Crippen LogP contribution in [0.15, 0.2) is 46.0 Å². The van der Waals surface area contributed by atoms with Gasteiger partial charge in [0.25, 0.3) is 10.0 Å². The topological polar surface area (TPSA) is 79.4 Å². The zero-order valence-corrected chi connectivity index (χ0v) is 18.6. The van der Waals surface area contributed by atoms with Gasteiger partial charge in [0.1, 0.15) is 10.0 Å². The molecule has 1 amide bonds. The summed E-state index contributed by atoms with van der Waals surface area (Å²) < 4.78 is 40.2. The number of thiophene rings is 1. The molecule has 4 rings (SSSR count). The molecule has 3 aromatic rings. The van der Waals surface area contributed by atoms with Crippen molar-refractivity contribution in [1.82, 2.24) is 9.29 Å². The molecule has 0 unspecified atom stereocenters. The third-order valence-electron chi connectivity index (χ3n) is 5.06. The number of amides is 1. The Hall–Kier alpha value is -2.14. The number of halogens is 1. The van der Waals surface area contributed by atoms with Crippen molar-refractivity contribution in [1.29, 1.82) is 0 Å². The summed E-state index contributed by atoms with van der Waals surface area (Å²) in [5.74, 6) is -0.728. The Bertz CT molecular complexity index is 1130. The highest BCUT2D eigenvalue weighted by molar-refractivity contribution is 7.91. The summed E-state index contributed by atoms with van der Waals surface area (Å²) in [7, 11) is -3.48. The number of nitrogens with zero attached hydrogens (tertiary/aromatic N) is 2. The lowest BCUT2D eigenvalue weighted by Gasteiger charge is -2.29. The van der Waals surface area contributed by atoms with Gasteiger partial charge in [0, 0.05) is 29.4 Å². The van der Waals surface area contributed by atoms with Gasteiger partial charge in [0.2, 0.25) is 5.91 Å². The summed E-state index contributed by atoms with van der Waals surface area (Å²) in [6.45, 7) is 2.53. The van der Waals surface area contributed by atoms with Crippen LogP contribution in [0.1, 0.15) is 17.7 Å². The minimum Gasteiger partial charge on any atom is -0.302 e. The molecule has 10 heteroatoms. The largest absolute Gasteiger partial charge is 0.302 e. The number of piperidine rings is 1. The van der Waals surface area contributed by atoms with Gasteiger partial charge in [-0.3, -0.25) is 4.79 Å². The van der Waals surface area contributed by atoms with Gasteiger partial charge >= 0.3 is 0 Å². The highest BCUT2D eigenvalue weighted by Crippen LogP contribution is 2.32. The first-order valence-corrected chi connectivity index (χ1v) is 12.6. The Morgan fingerprint density at radius 1 is 1.20 bits per heavy atom. The zero-order valence-electron chi connectivity index (χ0n) is 16.2. The predicted molar refractivity (Wildman–Crippen MR) is 117 cm³/mol. The first kappa shape index (κ1) is 21.1. The van der Waals surface area contributed by atoms with E-state index in [-0.39, 0.29) is 17.6 Å². The summed E-state index contributed by atoms with van der Waals surface area (Å²) in [6, 6.07) is 9.39. The molecule has 1 aliphatic heterocycles. The minimum atomic E-state index is -3.48. The predicted octanol–water partition coefficient (Wildman–Crippen LogP) is 4.36. The average Bonchev–Trinajstić information content (AvgIpc) is 3.39. The van der Waals surface area contributed by atoms with Gasteiger partial charge < -0.3 is 5.32 Å². The second-order valence-corrected chi connectivity index (χ2v) is 11.3. The standard InChI is InChI=1S/C20H20FN3O3S3/c1-13-18(14-4-6-16(21)7-5-14)22-20(29-13)23-19(25)15-8-10-24(11-9-15)30(26,27)17-3-2-12-28-17/h2-7,12,15H,8-11H2,1H3,(H,22,23,25). The van der Waals surface area contributed by atoms with E-state index < -0.39 is 10.0 Å². The molecule has 1 fully saturated rings. The number of thiazole rings is 1. The number of sulfonamides is 1. The Kier molecular flexibility index (Phi) is 6.01. The molecule has 30 heavy (non-hydrogen) atoms. The van der Waals surface area contributed by atoms with Crippen LogP contribution in [0.2, 0.25) is 0 Å². The molecule has 0 bridgehead atoms. The molecule has 0 saturated carbocycles. The summed E-state index contributed by atoms with van der Waals surface area (Å²) in [4.78, 5) is 18.1. The highest BCUT2D eigenvalue weighted by atomic mass is 32.2. The molecule has 1 aliphatic rings. The summed E-state index contributed by atoms with van der Waals surface area (Å²) in [5.41, 5.74) is 1.50. The van der Waals surface area contributed by atoms with E-state index >= 15 is 0 Å². The van der Waals surface area contributed by atoms with E-state index in [1.807, 2.05) is 6.92 Å². The fourth-order valence-electron chi connectivity index (χ4n) is 3.43. The van der Waals surface area contributed by atoms with Crippen LogP contribution in [0.3, 0.4) is 0 Å². The Morgan fingerprint density at radius 2 is 1.90 bits per heavy atom. The van der Waals surface area contributed by atoms with E-state index in [1.165, 1.54) is 39.1 Å². The van der Waals surface area contributed by atoms with Gasteiger partial charge in [-0.1, -0.05) is 6.07 Å². The van der Waals surface area contributed by atoms with Crippen molar-refractivity contribution in [3.63, 3.8) is 0 Å². The summed E-state index contributed by atoms with van der Waals surface area (Å²) >= 11 is 2.57. The van der Waals surface area contributed by atoms with Crippen molar-refractivity contribution < 1.29 is 17.6 Å². The molecule has 3 heterocycles. The molecular weight excluding hydrogens is 445 g/mol. The lowest BCUT2D eigenvalue weighted by atomic mass is 9.97. The maximum Gasteiger partial charge on any atom is 0.252 e. The number of rotatable bonds is 5. The molecule has 2 aromatic heterocycles. The Labute approximate surface area is 182 Å². The first-order valence-electron chi connectivity index (χ1n) is 9.42. The van der Waals surface area contributed by atoms with Crippen molar-refractivity contribution in [3.05, 3.63) is 52.5 Å². The fourth-order valence-corrected chi connectivity index (χ4v) is 6.88. The van der Waals surface area contributed by atoms with E-state index in [2.05, 4.69) is 10.3 Å². The van der Waals surface area contributed by atoms with Gasteiger partial charge in [0.05, 0.1) is 5.69 Å². The number of aryl methyl sites for hydroxylation is 1. The average molecular weight is 466 g/mol. The second-order valence-electron chi connectivity index (χ2n) is 7.03. The third kappa shape index (κ3) is 4.31. The molecule has 0 radical (unpaired) electrons. The first-order chi connectivity index (χ1) is 14.3. The van der Waals surface area contributed by atoms with Crippen molar-refractivity contribution >= 4 is 43.7 Å². The third-order valence-corrected chi connectivity index (χ3v) is 9.22. The van der Waals surface area contributed by atoms with Gasteiger partial charge in [-0.25, -0.2) is 17.8 Å². The van der Waals surface area contributed by atoms with E-state index in [4.69, 9.17) is 0 Å². The highest BCUT2D eigenvalue weighted by Gasteiger charge is 2.32. The van der Waals surface area contributed by atoms with Gasteiger partial charge in [0.15, 0.2) is 5.13 Å². The lowest BCUT2D eigenvalue weighted by molar-refractivity contribution is -0.120. The number of anilines is 1. The minimum absolute atomic E-state index is 0.150. The summed E-state index contributed by atoms with van der Waals surface area (Å²) in [5, 5.41) is 5.09. The number of hydrogen-bond acceptors (Lipinski definition) is 6. The van der Waals surface area contributed by atoms with Crippen LogP contribution in [-0.4, -0.2) is 36.7 Å². The molecule has 0 atom stereocenters. The quantitative estimate of drug-likeness (QED) is 0.607. The van der Waals surface area contributed by atoms with Crippen LogP contribution >= 0.6 is 22.7 Å². The SMILES string of the molecule is Cc1sc(NC(=O)C2CCN(S(=O)(=O)c3cccs3)CC2)nc1-c1ccc(F)cc1. The number of aromatic nitrogens is 1. The van der Waals surface area contributed by atoms with E-state index in [9.17, 15) is 17.6 Å². The number of hydrogen-bond donors (Lipinski definition) is 1. The van der Waals surface area contributed by atoms with Crippen LogP contribution < -0.4 is 5.32 Å². The van der Waals surface area contributed by atoms with E-state index in [0.29, 0.717) is 41.0 Å². The summed E-state index contributed by atoms with van der Waals surface area (Å²) in [6.07, 6.45) is 0.928. The maximum atomic E-state index is 13.2. The lowest BCUT2D eigenvalue weighted by Crippen LogP contribution is -2.41. The van der Waals surface area contributed by atoms with Gasteiger partial charge in [-0.05, 0) is 55.5 Å². The van der Waals surface area contributed by atoms with E-state index in [1.54, 1.807) is 29.6 Å². The number of carbonyl (C=O) groups excluding carboxylic acids is 1. The number of nitrogens with one attached hydrogen (secondary N) is 1. The molecule has 1 aromatic carbocycles. The zero-order chi connectivity index (χ0) is 21.3.